The summed E-state index contributed by atoms with van der Waals surface area (Å²) in [6.07, 6.45) is 5.61. The molecular formula is C13H19N5O. The lowest BCUT2D eigenvalue weighted by atomic mass is 10.0. The molecule has 3 rings (SSSR count). The second kappa shape index (κ2) is 5.52. The highest BCUT2D eigenvalue weighted by Crippen LogP contribution is 2.16. The Morgan fingerprint density at radius 2 is 2.16 bits per heavy atom. The third-order valence-corrected chi connectivity index (χ3v) is 3.76. The van der Waals surface area contributed by atoms with Gasteiger partial charge < -0.3 is 15.5 Å². The molecule has 2 aliphatic heterocycles. The summed E-state index contributed by atoms with van der Waals surface area (Å²) in [5.41, 5.74) is 0. The topological polar surface area (TPSA) is 70.2 Å². The van der Waals surface area contributed by atoms with Crippen LogP contribution in [0.25, 0.3) is 0 Å². The number of piperidine rings is 1. The highest BCUT2D eigenvalue weighted by atomic mass is 16.2. The monoisotopic (exact) mass is 261 g/mol. The van der Waals surface area contributed by atoms with Crippen LogP contribution in [0.15, 0.2) is 18.5 Å². The van der Waals surface area contributed by atoms with Gasteiger partial charge in [0.25, 0.3) is 0 Å². The number of aromatic nitrogens is 2. The van der Waals surface area contributed by atoms with Gasteiger partial charge in [0.05, 0.1) is 5.92 Å². The normalized spacial score (nSPS) is 23.8. The van der Waals surface area contributed by atoms with E-state index in [2.05, 4.69) is 25.5 Å². The number of carbonyl (C=O) groups is 1. The first kappa shape index (κ1) is 12.3. The number of anilines is 1. The Labute approximate surface area is 112 Å². The number of amides is 1. The molecule has 102 valence electrons. The molecule has 0 aliphatic carbocycles. The zero-order valence-corrected chi connectivity index (χ0v) is 10.9. The fraction of sp³-hybridized carbons (Fsp3) is 0.615. The van der Waals surface area contributed by atoms with Crippen LogP contribution in [-0.2, 0) is 4.79 Å². The first-order valence-corrected chi connectivity index (χ1v) is 6.86. The predicted molar refractivity (Wildman–Crippen MR) is 71.8 cm³/mol. The summed E-state index contributed by atoms with van der Waals surface area (Å²) in [5, 5.41) is 6.27. The molecule has 0 saturated carbocycles. The summed E-state index contributed by atoms with van der Waals surface area (Å²) < 4.78 is 0. The van der Waals surface area contributed by atoms with E-state index in [1.807, 2.05) is 6.07 Å². The average molecular weight is 261 g/mol. The van der Waals surface area contributed by atoms with Crippen LogP contribution in [0.1, 0.15) is 12.8 Å². The Hall–Kier alpha value is -1.69. The van der Waals surface area contributed by atoms with E-state index in [9.17, 15) is 4.79 Å². The minimum Gasteiger partial charge on any atom is -0.351 e. The highest BCUT2D eigenvalue weighted by Gasteiger charge is 2.28. The van der Waals surface area contributed by atoms with E-state index in [1.54, 1.807) is 12.4 Å². The van der Waals surface area contributed by atoms with E-state index in [4.69, 9.17) is 0 Å². The van der Waals surface area contributed by atoms with Crippen molar-refractivity contribution in [1.82, 2.24) is 20.6 Å². The molecule has 1 amide bonds. The van der Waals surface area contributed by atoms with Crippen LogP contribution in [0.4, 0.5) is 5.95 Å². The summed E-state index contributed by atoms with van der Waals surface area (Å²) in [5.74, 6) is 1.09. The van der Waals surface area contributed by atoms with Crippen molar-refractivity contribution in [2.24, 2.45) is 5.92 Å². The number of rotatable bonds is 3. The summed E-state index contributed by atoms with van der Waals surface area (Å²) in [7, 11) is 0. The SMILES string of the molecule is O=C(NC1CCCN(c2ncccn2)C1)C1CNC1. The van der Waals surface area contributed by atoms with Gasteiger partial charge in [-0.15, -0.1) is 0 Å². The lowest BCUT2D eigenvalue weighted by Crippen LogP contribution is -2.55. The molecule has 2 fully saturated rings. The Bertz CT molecular complexity index is 434. The first-order chi connectivity index (χ1) is 9.33. The minimum absolute atomic E-state index is 0.156. The Kier molecular flexibility index (Phi) is 3.59. The van der Waals surface area contributed by atoms with Crippen molar-refractivity contribution in [1.29, 1.82) is 0 Å². The zero-order valence-electron chi connectivity index (χ0n) is 10.9. The van der Waals surface area contributed by atoms with Gasteiger partial charge in [0, 0.05) is 44.6 Å². The van der Waals surface area contributed by atoms with E-state index < -0.39 is 0 Å². The van der Waals surface area contributed by atoms with Gasteiger partial charge in [0.15, 0.2) is 0 Å². The molecule has 1 atom stereocenters. The molecule has 19 heavy (non-hydrogen) atoms. The van der Waals surface area contributed by atoms with Crippen molar-refractivity contribution in [3.8, 4) is 0 Å². The standard InChI is InChI=1S/C13H19N5O/c19-12(10-7-14-8-10)17-11-3-1-6-18(9-11)13-15-4-2-5-16-13/h2,4-5,10-11,14H,1,3,6-9H2,(H,17,19). The molecule has 6 nitrogen and oxygen atoms in total. The van der Waals surface area contributed by atoms with E-state index in [0.717, 1.165) is 45.0 Å². The highest BCUT2D eigenvalue weighted by molar-refractivity contribution is 5.80. The minimum atomic E-state index is 0.156. The first-order valence-electron chi connectivity index (χ1n) is 6.86. The van der Waals surface area contributed by atoms with Crippen LogP contribution < -0.4 is 15.5 Å². The van der Waals surface area contributed by atoms with Crippen LogP contribution in [0.2, 0.25) is 0 Å². The molecule has 1 aromatic heterocycles. The maximum absolute atomic E-state index is 11.9. The summed E-state index contributed by atoms with van der Waals surface area (Å²) in [6.45, 7) is 3.38. The van der Waals surface area contributed by atoms with Gasteiger partial charge in [-0.3, -0.25) is 4.79 Å². The Morgan fingerprint density at radius 3 is 2.84 bits per heavy atom. The molecule has 2 N–H and O–H groups in total. The van der Waals surface area contributed by atoms with Crippen molar-refractivity contribution in [3.63, 3.8) is 0 Å². The Morgan fingerprint density at radius 1 is 1.37 bits per heavy atom. The summed E-state index contributed by atoms with van der Waals surface area (Å²) in [6, 6.07) is 2.03. The van der Waals surface area contributed by atoms with Crippen LogP contribution in [-0.4, -0.2) is 48.1 Å². The van der Waals surface area contributed by atoms with E-state index in [0.29, 0.717) is 0 Å². The second-order valence-electron chi connectivity index (χ2n) is 5.20. The fourth-order valence-corrected chi connectivity index (χ4v) is 2.52. The average Bonchev–Trinajstić information content (AvgIpc) is 2.38. The van der Waals surface area contributed by atoms with Gasteiger partial charge in [-0.25, -0.2) is 9.97 Å². The molecule has 0 radical (unpaired) electrons. The van der Waals surface area contributed by atoms with Crippen LogP contribution in [0, 0.1) is 5.92 Å². The number of hydrogen-bond acceptors (Lipinski definition) is 5. The van der Waals surface area contributed by atoms with Gasteiger partial charge in [-0.1, -0.05) is 0 Å². The van der Waals surface area contributed by atoms with Crippen molar-refractivity contribution >= 4 is 11.9 Å². The molecule has 2 aliphatic rings. The molecular weight excluding hydrogens is 242 g/mol. The van der Waals surface area contributed by atoms with E-state index >= 15 is 0 Å². The molecule has 0 aromatic carbocycles. The van der Waals surface area contributed by atoms with Gasteiger partial charge in [-0.05, 0) is 18.9 Å². The summed E-state index contributed by atoms with van der Waals surface area (Å²) in [4.78, 5) is 22.6. The number of nitrogens with one attached hydrogen (secondary N) is 2. The quantitative estimate of drug-likeness (QED) is 0.787. The van der Waals surface area contributed by atoms with Crippen molar-refractivity contribution in [3.05, 3.63) is 18.5 Å². The van der Waals surface area contributed by atoms with Crippen molar-refractivity contribution < 1.29 is 4.79 Å². The van der Waals surface area contributed by atoms with Gasteiger partial charge >= 0.3 is 0 Å². The molecule has 3 heterocycles. The largest absolute Gasteiger partial charge is 0.351 e. The molecule has 0 bridgehead atoms. The number of carbonyl (C=O) groups excluding carboxylic acids is 1. The maximum atomic E-state index is 11.9. The lowest BCUT2D eigenvalue weighted by molar-refractivity contribution is -0.127. The van der Waals surface area contributed by atoms with Crippen LogP contribution in [0.5, 0.6) is 0 Å². The fourth-order valence-electron chi connectivity index (χ4n) is 2.52. The van der Waals surface area contributed by atoms with Crippen LogP contribution in [0.3, 0.4) is 0 Å². The molecule has 0 spiro atoms. The number of hydrogen-bond donors (Lipinski definition) is 2. The number of nitrogens with zero attached hydrogens (tertiary/aromatic N) is 3. The second-order valence-corrected chi connectivity index (χ2v) is 5.20. The molecule has 2 saturated heterocycles. The summed E-state index contributed by atoms with van der Waals surface area (Å²) >= 11 is 0. The van der Waals surface area contributed by atoms with E-state index in [-0.39, 0.29) is 17.9 Å². The zero-order chi connectivity index (χ0) is 13.1. The molecule has 1 aromatic rings. The van der Waals surface area contributed by atoms with Crippen LogP contribution >= 0.6 is 0 Å². The maximum Gasteiger partial charge on any atom is 0.225 e. The van der Waals surface area contributed by atoms with Crippen molar-refractivity contribution in [2.45, 2.75) is 18.9 Å². The smallest absolute Gasteiger partial charge is 0.225 e. The van der Waals surface area contributed by atoms with E-state index in [1.165, 1.54) is 0 Å². The lowest BCUT2D eigenvalue weighted by Gasteiger charge is -2.35. The molecule has 1 unspecified atom stereocenters. The van der Waals surface area contributed by atoms with Gasteiger partial charge in [-0.2, -0.15) is 0 Å². The van der Waals surface area contributed by atoms with Gasteiger partial charge in [0.1, 0.15) is 0 Å². The van der Waals surface area contributed by atoms with Gasteiger partial charge in [0.2, 0.25) is 11.9 Å². The molecule has 6 heteroatoms. The predicted octanol–water partition coefficient (Wildman–Crippen LogP) is -0.219. The Balaban J connectivity index is 1.57. The third-order valence-electron chi connectivity index (χ3n) is 3.76. The van der Waals surface area contributed by atoms with Crippen molar-refractivity contribution in [2.75, 3.05) is 31.1 Å². The third kappa shape index (κ3) is 2.84.